The van der Waals surface area contributed by atoms with Gasteiger partial charge in [0.25, 0.3) is 0 Å². The molecule has 0 saturated carbocycles. The lowest BCUT2D eigenvalue weighted by Gasteiger charge is -2.05. The second-order valence-corrected chi connectivity index (χ2v) is 6.01. The summed E-state index contributed by atoms with van der Waals surface area (Å²) in [5, 5.41) is 5.84. The average molecular weight is 284 g/mol. The monoisotopic (exact) mass is 284 g/mol. The van der Waals surface area contributed by atoms with E-state index in [2.05, 4.69) is 22.4 Å². The van der Waals surface area contributed by atoms with E-state index >= 15 is 0 Å². The number of thiazole rings is 1. The number of hydrogen-bond acceptors (Lipinski definition) is 3. The van der Waals surface area contributed by atoms with Gasteiger partial charge in [-0.15, -0.1) is 11.3 Å². The standard InChI is InChI=1S/C16H16N2OS/c1-11-17-15(10-20-11)7-8-16(19)18-14-6-5-12-3-2-4-13(12)9-14/h5-10H,2-4H2,1H3,(H,18,19)/b8-7+. The highest BCUT2D eigenvalue weighted by Gasteiger charge is 2.11. The van der Waals surface area contributed by atoms with E-state index in [0.717, 1.165) is 29.2 Å². The van der Waals surface area contributed by atoms with Crippen molar-refractivity contribution in [1.29, 1.82) is 0 Å². The molecule has 0 unspecified atom stereocenters. The first kappa shape index (κ1) is 13.1. The lowest BCUT2D eigenvalue weighted by atomic mass is 10.1. The van der Waals surface area contributed by atoms with Crippen LogP contribution in [0.5, 0.6) is 0 Å². The summed E-state index contributed by atoms with van der Waals surface area (Å²) in [5.74, 6) is -0.117. The van der Waals surface area contributed by atoms with Crippen LogP contribution in [0.3, 0.4) is 0 Å². The summed E-state index contributed by atoms with van der Waals surface area (Å²) in [6.45, 7) is 1.95. The molecule has 1 aliphatic carbocycles. The number of carbonyl (C=O) groups excluding carboxylic acids is 1. The van der Waals surface area contributed by atoms with Crippen molar-refractivity contribution < 1.29 is 4.79 Å². The molecule has 1 aromatic heterocycles. The first-order chi connectivity index (χ1) is 9.70. The molecule has 0 bridgehead atoms. The molecule has 3 rings (SSSR count). The Morgan fingerprint density at radius 1 is 1.35 bits per heavy atom. The average Bonchev–Trinajstić information content (AvgIpc) is 3.04. The third-order valence-corrected chi connectivity index (χ3v) is 4.20. The van der Waals surface area contributed by atoms with Gasteiger partial charge in [0, 0.05) is 17.1 Å². The number of nitrogens with one attached hydrogen (secondary N) is 1. The zero-order valence-corrected chi connectivity index (χ0v) is 12.2. The van der Waals surface area contributed by atoms with Crippen LogP contribution in [0.15, 0.2) is 29.7 Å². The number of aromatic nitrogens is 1. The van der Waals surface area contributed by atoms with Crippen LogP contribution in [-0.2, 0) is 17.6 Å². The number of anilines is 1. The van der Waals surface area contributed by atoms with Crippen LogP contribution in [0, 0.1) is 6.92 Å². The van der Waals surface area contributed by atoms with Gasteiger partial charge < -0.3 is 5.32 Å². The number of rotatable bonds is 3. The number of benzene rings is 1. The van der Waals surface area contributed by atoms with E-state index in [1.807, 2.05) is 18.4 Å². The molecular formula is C16H16N2OS. The van der Waals surface area contributed by atoms with Gasteiger partial charge in [0.1, 0.15) is 0 Å². The first-order valence-electron chi connectivity index (χ1n) is 6.74. The summed E-state index contributed by atoms with van der Waals surface area (Å²) in [6.07, 6.45) is 6.77. The maximum atomic E-state index is 11.9. The summed E-state index contributed by atoms with van der Waals surface area (Å²) in [6, 6.07) is 6.18. The lowest BCUT2D eigenvalue weighted by Crippen LogP contribution is -2.08. The second kappa shape index (κ2) is 5.59. The van der Waals surface area contributed by atoms with Gasteiger partial charge in [0.15, 0.2) is 0 Å². The molecule has 20 heavy (non-hydrogen) atoms. The van der Waals surface area contributed by atoms with Gasteiger partial charge in [-0.25, -0.2) is 4.98 Å². The molecule has 1 aliphatic rings. The Hall–Kier alpha value is -1.94. The van der Waals surface area contributed by atoms with E-state index in [0.29, 0.717) is 0 Å². The maximum Gasteiger partial charge on any atom is 0.248 e. The van der Waals surface area contributed by atoms with Crippen LogP contribution in [-0.4, -0.2) is 10.9 Å². The molecule has 0 fully saturated rings. The van der Waals surface area contributed by atoms with Crippen molar-refractivity contribution in [2.45, 2.75) is 26.2 Å². The quantitative estimate of drug-likeness (QED) is 0.875. The van der Waals surface area contributed by atoms with E-state index in [4.69, 9.17) is 0 Å². The number of nitrogens with zero attached hydrogens (tertiary/aromatic N) is 1. The Morgan fingerprint density at radius 3 is 3.00 bits per heavy atom. The maximum absolute atomic E-state index is 11.9. The topological polar surface area (TPSA) is 42.0 Å². The predicted octanol–water partition coefficient (Wildman–Crippen LogP) is 3.59. The van der Waals surface area contributed by atoms with Crippen LogP contribution in [0.25, 0.3) is 6.08 Å². The van der Waals surface area contributed by atoms with Crippen LogP contribution in [0.4, 0.5) is 5.69 Å². The molecule has 0 spiro atoms. The highest BCUT2D eigenvalue weighted by Crippen LogP contribution is 2.24. The third-order valence-electron chi connectivity index (χ3n) is 3.41. The molecule has 102 valence electrons. The highest BCUT2D eigenvalue weighted by molar-refractivity contribution is 7.09. The van der Waals surface area contributed by atoms with Crippen LogP contribution in [0.1, 0.15) is 28.2 Å². The van der Waals surface area contributed by atoms with Gasteiger partial charge in [-0.3, -0.25) is 4.79 Å². The zero-order valence-electron chi connectivity index (χ0n) is 11.3. The highest BCUT2D eigenvalue weighted by atomic mass is 32.1. The summed E-state index contributed by atoms with van der Waals surface area (Å²) in [7, 11) is 0. The van der Waals surface area contributed by atoms with Gasteiger partial charge >= 0.3 is 0 Å². The van der Waals surface area contributed by atoms with Crippen LogP contribution >= 0.6 is 11.3 Å². The van der Waals surface area contributed by atoms with Crippen molar-refractivity contribution in [3.63, 3.8) is 0 Å². The Kier molecular flexibility index (Phi) is 3.65. The summed E-state index contributed by atoms with van der Waals surface area (Å²) >= 11 is 1.58. The SMILES string of the molecule is Cc1nc(/C=C/C(=O)Nc2ccc3c(c2)CCC3)cs1. The fourth-order valence-corrected chi connectivity index (χ4v) is 3.03. The molecular weight excluding hydrogens is 268 g/mol. The second-order valence-electron chi connectivity index (χ2n) is 4.95. The number of carbonyl (C=O) groups is 1. The summed E-state index contributed by atoms with van der Waals surface area (Å²) in [5.41, 5.74) is 4.48. The molecule has 0 aliphatic heterocycles. The number of hydrogen-bond donors (Lipinski definition) is 1. The minimum Gasteiger partial charge on any atom is -0.323 e. The molecule has 1 amide bonds. The smallest absolute Gasteiger partial charge is 0.248 e. The van der Waals surface area contributed by atoms with E-state index in [1.165, 1.54) is 23.6 Å². The molecule has 3 nitrogen and oxygen atoms in total. The largest absolute Gasteiger partial charge is 0.323 e. The number of aryl methyl sites for hydroxylation is 3. The van der Waals surface area contributed by atoms with Crippen molar-refractivity contribution in [3.8, 4) is 0 Å². The lowest BCUT2D eigenvalue weighted by molar-refractivity contribution is -0.111. The van der Waals surface area contributed by atoms with Crippen molar-refractivity contribution in [1.82, 2.24) is 4.98 Å². The van der Waals surface area contributed by atoms with Crippen LogP contribution in [0.2, 0.25) is 0 Å². The normalized spacial score (nSPS) is 13.7. The fraction of sp³-hybridized carbons (Fsp3) is 0.250. The first-order valence-corrected chi connectivity index (χ1v) is 7.62. The zero-order chi connectivity index (χ0) is 13.9. The third kappa shape index (κ3) is 2.96. The number of fused-ring (bicyclic) bond motifs is 1. The fourth-order valence-electron chi connectivity index (χ4n) is 2.45. The molecule has 0 radical (unpaired) electrons. The van der Waals surface area contributed by atoms with E-state index in [-0.39, 0.29) is 5.91 Å². The Bertz CT molecular complexity index is 673. The summed E-state index contributed by atoms with van der Waals surface area (Å²) in [4.78, 5) is 16.2. The van der Waals surface area contributed by atoms with Crippen molar-refractivity contribution in [2.24, 2.45) is 0 Å². The molecule has 1 heterocycles. The molecule has 4 heteroatoms. The van der Waals surface area contributed by atoms with Gasteiger partial charge in [-0.1, -0.05) is 6.07 Å². The Morgan fingerprint density at radius 2 is 2.20 bits per heavy atom. The van der Waals surface area contributed by atoms with Crippen molar-refractivity contribution in [3.05, 3.63) is 51.5 Å². The Labute approximate surface area is 122 Å². The molecule has 0 atom stereocenters. The van der Waals surface area contributed by atoms with Crippen molar-refractivity contribution >= 4 is 29.0 Å². The predicted molar refractivity (Wildman–Crippen MR) is 83.0 cm³/mol. The van der Waals surface area contributed by atoms with Gasteiger partial charge in [-0.2, -0.15) is 0 Å². The minimum absolute atomic E-state index is 0.117. The molecule has 1 aromatic carbocycles. The Balaban J connectivity index is 1.65. The van der Waals surface area contributed by atoms with Crippen molar-refractivity contribution in [2.75, 3.05) is 5.32 Å². The molecule has 0 saturated heterocycles. The van der Waals surface area contributed by atoms with Gasteiger partial charge in [0.2, 0.25) is 5.91 Å². The van der Waals surface area contributed by atoms with Gasteiger partial charge in [0.05, 0.1) is 10.7 Å². The summed E-state index contributed by atoms with van der Waals surface area (Å²) < 4.78 is 0. The van der Waals surface area contributed by atoms with E-state index in [1.54, 1.807) is 17.4 Å². The minimum atomic E-state index is -0.117. The molecule has 2 aromatic rings. The van der Waals surface area contributed by atoms with Gasteiger partial charge in [-0.05, 0) is 55.5 Å². The molecule has 1 N–H and O–H groups in total. The van der Waals surface area contributed by atoms with E-state index in [9.17, 15) is 4.79 Å². The van der Waals surface area contributed by atoms with E-state index < -0.39 is 0 Å². The van der Waals surface area contributed by atoms with Crippen LogP contribution < -0.4 is 5.32 Å². The number of amides is 1.